The van der Waals surface area contributed by atoms with Gasteiger partial charge in [-0.15, -0.1) is 0 Å². The van der Waals surface area contributed by atoms with Gasteiger partial charge in [-0.1, -0.05) is 23.2 Å². The average molecular weight is 494 g/mol. The first kappa shape index (κ1) is 24.9. The number of rotatable bonds is 9. The van der Waals surface area contributed by atoms with E-state index in [0.29, 0.717) is 23.1 Å². The highest BCUT2D eigenvalue weighted by molar-refractivity contribution is 6.36. The molecule has 1 heterocycles. The lowest BCUT2D eigenvalue weighted by atomic mass is 10.1. The van der Waals surface area contributed by atoms with Crippen LogP contribution in [-0.4, -0.2) is 55.5 Å². The van der Waals surface area contributed by atoms with E-state index in [4.69, 9.17) is 37.4 Å². The minimum absolute atomic E-state index is 0.0833. The third-order valence-electron chi connectivity index (χ3n) is 5.11. The third kappa shape index (κ3) is 6.85. The number of halogens is 2. The molecule has 0 aliphatic carbocycles. The number of esters is 1. The largest absolute Gasteiger partial charge is 0.490 e. The van der Waals surface area contributed by atoms with Crippen LogP contribution in [0.5, 0.6) is 11.5 Å². The number of hydrogen-bond donors (Lipinski definition) is 0. The highest BCUT2D eigenvalue weighted by Gasteiger charge is 2.19. The van der Waals surface area contributed by atoms with Gasteiger partial charge in [0.25, 0.3) is 5.91 Å². The normalized spacial score (nSPS) is 13.4. The smallest absolute Gasteiger partial charge is 0.338 e. The van der Waals surface area contributed by atoms with Crippen molar-refractivity contribution < 1.29 is 28.6 Å². The monoisotopic (exact) mass is 493 g/mol. The molecule has 0 bridgehead atoms. The summed E-state index contributed by atoms with van der Waals surface area (Å²) in [6, 6.07) is 8.96. The number of carbonyl (C=O) groups is 3. The molecule has 33 heavy (non-hydrogen) atoms. The van der Waals surface area contributed by atoms with Gasteiger partial charge in [0.05, 0.1) is 17.2 Å². The van der Waals surface area contributed by atoms with Crippen LogP contribution in [0.25, 0.3) is 0 Å². The van der Waals surface area contributed by atoms with Crippen molar-refractivity contribution in [1.82, 2.24) is 4.90 Å². The molecule has 0 saturated carbocycles. The highest BCUT2D eigenvalue weighted by atomic mass is 35.5. The number of carbonyl (C=O) groups excluding carboxylic acids is 3. The number of benzene rings is 2. The Bertz CT molecular complexity index is 1020. The Hall–Kier alpha value is -2.77. The predicted octanol–water partition coefficient (Wildman–Crippen LogP) is 4.82. The first-order chi connectivity index (χ1) is 15.9. The molecule has 1 amide bonds. The minimum Gasteiger partial charge on any atom is -0.490 e. The first-order valence-corrected chi connectivity index (χ1v) is 11.5. The fraction of sp³-hybridized carbons (Fsp3) is 0.375. The SMILES string of the molecule is CCOc1cc(C(=O)OCC(=O)c2ccc(Cl)cc2Cl)ccc1OCC(=O)N1CCCCC1. The van der Waals surface area contributed by atoms with Crippen molar-refractivity contribution in [3.05, 3.63) is 57.6 Å². The van der Waals surface area contributed by atoms with Crippen LogP contribution < -0.4 is 9.47 Å². The summed E-state index contributed by atoms with van der Waals surface area (Å²) in [6.45, 7) is 3.02. The molecule has 2 aromatic rings. The van der Waals surface area contributed by atoms with E-state index in [1.165, 1.54) is 30.3 Å². The number of hydrogen-bond acceptors (Lipinski definition) is 6. The second kappa shape index (κ2) is 11.9. The van der Waals surface area contributed by atoms with Crippen LogP contribution in [0.4, 0.5) is 0 Å². The van der Waals surface area contributed by atoms with Crippen LogP contribution >= 0.6 is 23.2 Å². The zero-order valence-corrected chi connectivity index (χ0v) is 19.8. The molecule has 0 atom stereocenters. The molecule has 1 aliphatic heterocycles. The van der Waals surface area contributed by atoms with Gasteiger partial charge in [0.2, 0.25) is 5.78 Å². The van der Waals surface area contributed by atoms with E-state index in [1.807, 2.05) is 0 Å². The lowest BCUT2D eigenvalue weighted by Gasteiger charge is -2.26. The Morgan fingerprint density at radius 2 is 1.67 bits per heavy atom. The maximum absolute atomic E-state index is 12.5. The molecule has 1 fully saturated rings. The summed E-state index contributed by atoms with van der Waals surface area (Å²) in [4.78, 5) is 39.0. The molecule has 0 unspecified atom stereocenters. The van der Waals surface area contributed by atoms with Crippen molar-refractivity contribution in [2.45, 2.75) is 26.2 Å². The lowest BCUT2D eigenvalue weighted by molar-refractivity contribution is -0.134. The zero-order chi connectivity index (χ0) is 23.8. The zero-order valence-electron chi connectivity index (χ0n) is 18.3. The van der Waals surface area contributed by atoms with Crippen LogP contribution in [-0.2, 0) is 9.53 Å². The fourth-order valence-electron chi connectivity index (χ4n) is 3.40. The molecule has 9 heteroatoms. The molecule has 0 aromatic heterocycles. The third-order valence-corrected chi connectivity index (χ3v) is 5.65. The second-order valence-corrected chi connectivity index (χ2v) is 8.29. The number of likely N-dealkylation sites (tertiary alicyclic amines) is 1. The summed E-state index contributed by atoms with van der Waals surface area (Å²) in [5.74, 6) is -0.579. The number of piperidine rings is 1. The van der Waals surface area contributed by atoms with Crippen molar-refractivity contribution >= 4 is 40.9 Å². The Morgan fingerprint density at radius 3 is 2.36 bits per heavy atom. The van der Waals surface area contributed by atoms with E-state index in [9.17, 15) is 14.4 Å². The molecule has 1 saturated heterocycles. The van der Waals surface area contributed by atoms with Crippen LogP contribution in [0.2, 0.25) is 10.0 Å². The average Bonchev–Trinajstić information content (AvgIpc) is 2.82. The summed E-state index contributed by atoms with van der Waals surface area (Å²) in [5.41, 5.74) is 0.397. The van der Waals surface area contributed by atoms with E-state index in [-0.39, 0.29) is 28.7 Å². The molecule has 0 radical (unpaired) electrons. The number of nitrogens with zero attached hydrogens (tertiary/aromatic N) is 1. The van der Waals surface area contributed by atoms with Crippen LogP contribution in [0.1, 0.15) is 46.9 Å². The van der Waals surface area contributed by atoms with E-state index in [0.717, 1.165) is 32.4 Å². The summed E-state index contributed by atoms with van der Waals surface area (Å²) >= 11 is 11.9. The Balaban J connectivity index is 1.61. The fourth-order valence-corrected chi connectivity index (χ4v) is 3.92. The van der Waals surface area contributed by atoms with Crippen LogP contribution in [0.3, 0.4) is 0 Å². The minimum atomic E-state index is -0.703. The van der Waals surface area contributed by atoms with E-state index in [2.05, 4.69) is 0 Å². The number of Topliss-reactive ketones (excluding diaryl/α,β-unsaturated/α-hetero) is 1. The molecular weight excluding hydrogens is 469 g/mol. The van der Waals surface area contributed by atoms with Crippen molar-refractivity contribution in [3.8, 4) is 11.5 Å². The summed E-state index contributed by atoms with van der Waals surface area (Å²) in [6.07, 6.45) is 3.13. The molecular formula is C24H25Cl2NO6. The standard InChI is InChI=1S/C24H25Cl2NO6/c1-2-31-22-12-16(6-9-21(22)32-15-23(29)27-10-4-3-5-11-27)24(30)33-14-20(28)18-8-7-17(25)13-19(18)26/h6-9,12-13H,2-5,10-11,14-15H2,1H3. The number of ether oxygens (including phenoxy) is 3. The molecule has 176 valence electrons. The van der Waals surface area contributed by atoms with Crippen LogP contribution in [0.15, 0.2) is 36.4 Å². The van der Waals surface area contributed by atoms with Gasteiger partial charge in [-0.25, -0.2) is 4.79 Å². The van der Waals surface area contributed by atoms with Gasteiger partial charge in [-0.05, 0) is 62.6 Å². The maximum atomic E-state index is 12.5. The van der Waals surface area contributed by atoms with Gasteiger partial charge in [-0.2, -0.15) is 0 Å². The van der Waals surface area contributed by atoms with Crippen molar-refractivity contribution in [3.63, 3.8) is 0 Å². The highest BCUT2D eigenvalue weighted by Crippen LogP contribution is 2.29. The van der Waals surface area contributed by atoms with Gasteiger partial charge in [-0.3, -0.25) is 9.59 Å². The summed E-state index contributed by atoms with van der Waals surface area (Å²) in [7, 11) is 0. The summed E-state index contributed by atoms with van der Waals surface area (Å²) < 4.78 is 16.4. The molecule has 3 rings (SSSR count). The van der Waals surface area contributed by atoms with Crippen molar-refractivity contribution in [1.29, 1.82) is 0 Å². The van der Waals surface area contributed by atoms with E-state index in [1.54, 1.807) is 17.9 Å². The predicted molar refractivity (Wildman–Crippen MR) is 125 cm³/mol. The summed E-state index contributed by atoms with van der Waals surface area (Å²) in [5, 5.41) is 0.583. The maximum Gasteiger partial charge on any atom is 0.338 e. The van der Waals surface area contributed by atoms with Gasteiger partial charge in [0.15, 0.2) is 24.7 Å². The molecule has 1 aliphatic rings. The van der Waals surface area contributed by atoms with Crippen molar-refractivity contribution in [2.75, 3.05) is 32.9 Å². The lowest BCUT2D eigenvalue weighted by Crippen LogP contribution is -2.38. The molecule has 0 spiro atoms. The van der Waals surface area contributed by atoms with Gasteiger partial charge >= 0.3 is 5.97 Å². The first-order valence-electron chi connectivity index (χ1n) is 10.7. The van der Waals surface area contributed by atoms with Gasteiger partial charge in [0.1, 0.15) is 0 Å². The molecule has 0 N–H and O–H groups in total. The van der Waals surface area contributed by atoms with Crippen LogP contribution in [0, 0.1) is 0 Å². The van der Waals surface area contributed by atoms with E-state index >= 15 is 0 Å². The number of ketones is 1. The van der Waals surface area contributed by atoms with E-state index < -0.39 is 18.4 Å². The quantitative estimate of drug-likeness (QED) is 0.367. The second-order valence-electron chi connectivity index (χ2n) is 7.45. The number of amides is 1. The Labute approximate surface area is 202 Å². The molecule has 7 nitrogen and oxygen atoms in total. The van der Waals surface area contributed by atoms with Crippen molar-refractivity contribution in [2.24, 2.45) is 0 Å². The Morgan fingerprint density at radius 1 is 0.909 bits per heavy atom. The topological polar surface area (TPSA) is 82.1 Å². The Kier molecular flexibility index (Phi) is 8.97. The van der Waals surface area contributed by atoms with Gasteiger partial charge < -0.3 is 19.1 Å². The molecule has 2 aromatic carbocycles. The van der Waals surface area contributed by atoms with Gasteiger partial charge in [0, 0.05) is 23.7 Å².